The molecule has 1 aromatic heterocycles. The number of hydrogen-bond donors (Lipinski definition) is 1. The molecule has 3 heteroatoms. The fourth-order valence-corrected chi connectivity index (χ4v) is 2.12. The van der Waals surface area contributed by atoms with E-state index in [1.165, 1.54) is 12.8 Å². The number of para-hydroxylation sites is 1. The van der Waals surface area contributed by atoms with Crippen LogP contribution in [0.5, 0.6) is 0 Å². The highest BCUT2D eigenvalue weighted by molar-refractivity contribution is 5.41. The third-order valence-electron chi connectivity index (χ3n) is 3.14. The number of nitrogens with one attached hydrogen (secondary N) is 1. The maximum absolute atomic E-state index is 4.41. The molecule has 1 unspecified atom stereocenters. The Bertz CT molecular complexity index is 462. The summed E-state index contributed by atoms with van der Waals surface area (Å²) in [4.78, 5) is 4.41. The fraction of sp³-hybridized carbons (Fsp3) is 0.400. The quantitative estimate of drug-likeness (QED) is 0.834. The van der Waals surface area contributed by atoms with Crippen LogP contribution < -0.4 is 5.32 Å². The lowest BCUT2D eigenvalue weighted by Gasteiger charge is -2.17. The monoisotopic (exact) mass is 243 g/mol. The maximum atomic E-state index is 4.41. The van der Waals surface area contributed by atoms with Crippen molar-refractivity contribution in [3.05, 3.63) is 42.7 Å². The van der Waals surface area contributed by atoms with E-state index < -0.39 is 0 Å². The normalized spacial score (nSPS) is 12.3. The molecule has 0 aliphatic carbocycles. The fourth-order valence-electron chi connectivity index (χ4n) is 2.12. The summed E-state index contributed by atoms with van der Waals surface area (Å²) in [5.74, 6) is 0.932. The van der Waals surface area contributed by atoms with Crippen LogP contribution in [0.2, 0.25) is 0 Å². The molecule has 1 atom stereocenters. The molecule has 1 N–H and O–H groups in total. The van der Waals surface area contributed by atoms with Crippen LogP contribution in [-0.4, -0.2) is 15.6 Å². The van der Waals surface area contributed by atoms with Crippen molar-refractivity contribution in [2.45, 2.75) is 39.2 Å². The Balaban J connectivity index is 2.18. The first-order valence-corrected chi connectivity index (χ1v) is 6.70. The van der Waals surface area contributed by atoms with Gasteiger partial charge in [0.2, 0.25) is 5.95 Å². The minimum absolute atomic E-state index is 0.500. The summed E-state index contributed by atoms with van der Waals surface area (Å²) in [5.41, 5.74) is 1.14. The molecule has 3 nitrogen and oxygen atoms in total. The first-order chi connectivity index (χ1) is 8.85. The van der Waals surface area contributed by atoms with E-state index in [2.05, 4.69) is 40.8 Å². The average Bonchev–Trinajstić information content (AvgIpc) is 2.87. The van der Waals surface area contributed by atoms with Gasteiger partial charge in [0.1, 0.15) is 0 Å². The third-order valence-corrected chi connectivity index (χ3v) is 3.14. The molecule has 2 rings (SSSR count). The van der Waals surface area contributed by atoms with Crippen molar-refractivity contribution in [3.8, 4) is 5.69 Å². The van der Waals surface area contributed by atoms with Crippen molar-refractivity contribution in [1.82, 2.24) is 9.55 Å². The van der Waals surface area contributed by atoms with Gasteiger partial charge in [-0.1, -0.05) is 38.5 Å². The van der Waals surface area contributed by atoms with Crippen LogP contribution in [0.1, 0.15) is 33.1 Å². The van der Waals surface area contributed by atoms with Crippen molar-refractivity contribution >= 4 is 5.95 Å². The van der Waals surface area contributed by atoms with Gasteiger partial charge in [-0.3, -0.25) is 4.57 Å². The van der Waals surface area contributed by atoms with E-state index in [0.29, 0.717) is 6.04 Å². The number of benzene rings is 1. The minimum Gasteiger partial charge on any atom is -0.353 e. The molecule has 96 valence electrons. The Morgan fingerprint density at radius 3 is 2.67 bits per heavy atom. The topological polar surface area (TPSA) is 29.9 Å². The number of nitrogens with zero attached hydrogens (tertiary/aromatic N) is 2. The number of anilines is 1. The van der Waals surface area contributed by atoms with E-state index in [1.54, 1.807) is 0 Å². The van der Waals surface area contributed by atoms with Gasteiger partial charge in [0.25, 0.3) is 0 Å². The van der Waals surface area contributed by atoms with Crippen LogP contribution in [0, 0.1) is 0 Å². The minimum atomic E-state index is 0.500. The zero-order valence-corrected chi connectivity index (χ0v) is 11.1. The Labute approximate surface area is 109 Å². The van der Waals surface area contributed by atoms with E-state index in [9.17, 15) is 0 Å². The Morgan fingerprint density at radius 1 is 1.22 bits per heavy atom. The second-order valence-electron chi connectivity index (χ2n) is 4.49. The molecule has 0 fully saturated rings. The second-order valence-corrected chi connectivity index (χ2v) is 4.49. The van der Waals surface area contributed by atoms with Crippen LogP contribution >= 0.6 is 0 Å². The van der Waals surface area contributed by atoms with E-state index in [1.807, 2.05) is 30.6 Å². The van der Waals surface area contributed by atoms with Gasteiger partial charge in [-0.25, -0.2) is 4.98 Å². The van der Waals surface area contributed by atoms with Gasteiger partial charge in [-0.05, 0) is 25.0 Å². The molecule has 0 saturated carbocycles. The Morgan fingerprint density at radius 2 is 2.00 bits per heavy atom. The lowest BCUT2D eigenvalue weighted by Crippen LogP contribution is -2.20. The van der Waals surface area contributed by atoms with Crippen molar-refractivity contribution in [3.63, 3.8) is 0 Å². The lowest BCUT2D eigenvalue weighted by molar-refractivity contribution is 0.616. The maximum Gasteiger partial charge on any atom is 0.207 e. The zero-order valence-electron chi connectivity index (χ0n) is 11.1. The summed E-state index contributed by atoms with van der Waals surface area (Å²) >= 11 is 0. The summed E-state index contributed by atoms with van der Waals surface area (Å²) in [6.07, 6.45) is 7.33. The lowest BCUT2D eigenvalue weighted by atomic mass is 10.1. The standard InChI is InChI=1S/C15H21N3/c1-3-8-13(4-2)17-15-16-11-12-18(15)14-9-6-5-7-10-14/h5-7,9-13H,3-4,8H2,1-2H3,(H,16,17). The molecular weight excluding hydrogens is 222 g/mol. The smallest absolute Gasteiger partial charge is 0.207 e. The van der Waals surface area contributed by atoms with Gasteiger partial charge in [0.15, 0.2) is 0 Å². The van der Waals surface area contributed by atoms with Gasteiger partial charge < -0.3 is 5.32 Å². The molecule has 0 saturated heterocycles. The van der Waals surface area contributed by atoms with E-state index >= 15 is 0 Å². The van der Waals surface area contributed by atoms with Gasteiger partial charge in [0, 0.05) is 24.1 Å². The van der Waals surface area contributed by atoms with E-state index in [4.69, 9.17) is 0 Å². The number of imidazole rings is 1. The molecule has 0 bridgehead atoms. The van der Waals surface area contributed by atoms with E-state index in [-0.39, 0.29) is 0 Å². The summed E-state index contributed by atoms with van der Waals surface area (Å²) < 4.78 is 2.10. The predicted molar refractivity (Wildman–Crippen MR) is 76.2 cm³/mol. The van der Waals surface area contributed by atoms with E-state index in [0.717, 1.165) is 18.1 Å². The van der Waals surface area contributed by atoms with Crippen LogP contribution in [0.3, 0.4) is 0 Å². The van der Waals surface area contributed by atoms with Crippen molar-refractivity contribution < 1.29 is 0 Å². The van der Waals surface area contributed by atoms with Crippen LogP contribution in [0.4, 0.5) is 5.95 Å². The first-order valence-electron chi connectivity index (χ1n) is 6.70. The third kappa shape index (κ3) is 2.92. The Kier molecular flexibility index (Phi) is 4.40. The highest BCUT2D eigenvalue weighted by Gasteiger charge is 2.09. The van der Waals surface area contributed by atoms with Crippen molar-refractivity contribution in [2.75, 3.05) is 5.32 Å². The molecule has 1 aromatic carbocycles. The van der Waals surface area contributed by atoms with Gasteiger partial charge >= 0.3 is 0 Å². The average molecular weight is 243 g/mol. The van der Waals surface area contributed by atoms with Crippen LogP contribution in [-0.2, 0) is 0 Å². The number of rotatable bonds is 6. The molecule has 1 heterocycles. The molecule has 0 aliphatic heterocycles. The second kappa shape index (κ2) is 6.24. The molecular formula is C15H21N3. The molecule has 0 spiro atoms. The van der Waals surface area contributed by atoms with Gasteiger partial charge in [-0.2, -0.15) is 0 Å². The highest BCUT2D eigenvalue weighted by Crippen LogP contribution is 2.16. The summed E-state index contributed by atoms with van der Waals surface area (Å²) in [6, 6.07) is 10.8. The summed E-state index contributed by atoms with van der Waals surface area (Å²) in [5, 5.41) is 3.53. The largest absolute Gasteiger partial charge is 0.353 e. The van der Waals surface area contributed by atoms with Crippen molar-refractivity contribution in [2.24, 2.45) is 0 Å². The number of aromatic nitrogens is 2. The number of hydrogen-bond acceptors (Lipinski definition) is 2. The SMILES string of the molecule is CCCC(CC)Nc1nccn1-c1ccccc1. The molecule has 18 heavy (non-hydrogen) atoms. The van der Waals surface area contributed by atoms with Gasteiger partial charge in [-0.15, -0.1) is 0 Å². The molecule has 0 aliphatic rings. The Hall–Kier alpha value is -1.77. The van der Waals surface area contributed by atoms with Gasteiger partial charge in [0.05, 0.1) is 0 Å². The molecule has 0 amide bonds. The first kappa shape index (κ1) is 12.7. The highest BCUT2D eigenvalue weighted by atomic mass is 15.2. The molecule has 2 aromatic rings. The summed E-state index contributed by atoms with van der Waals surface area (Å²) in [6.45, 7) is 4.43. The predicted octanol–water partition coefficient (Wildman–Crippen LogP) is 3.86. The van der Waals surface area contributed by atoms with Crippen molar-refractivity contribution in [1.29, 1.82) is 0 Å². The zero-order chi connectivity index (χ0) is 12.8. The summed E-state index contributed by atoms with van der Waals surface area (Å²) in [7, 11) is 0. The molecule has 0 radical (unpaired) electrons. The van der Waals surface area contributed by atoms with Crippen LogP contribution in [0.15, 0.2) is 42.7 Å². The van der Waals surface area contributed by atoms with Crippen LogP contribution in [0.25, 0.3) is 5.69 Å².